The molecule has 5 nitrogen and oxygen atoms in total. The summed E-state index contributed by atoms with van der Waals surface area (Å²) < 4.78 is 1.96. The van der Waals surface area contributed by atoms with Gasteiger partial charge in [-0.1, -0.05) is 23.4 Å². The fourth-order valence-corrected chi connectivity index (χ4v) is 3.34. The van der Waals surface area contributed by atoms with Gasteiger partial charge in [0.1, 0.15) is 0 Å². The first-order valence-corrected chi connectivity index (χ1v) is 8.54. The lowest BCUT2D eigenvalue weighted by atomic mass is 10.2. The van der Waals surface area contributed by atoms with Crippen molar-refractivity contribution in [2.45, 2.75) is 30.4 Å². The van der Waals surface area contributed by atoms with Crippen LogP contribution < -0.4 is 5.56 Å². The summed E-state index contributed by atoms with van der Waals surface area (Å²) in [7, 11) is 0. The third kappa shape index (κ3) is 2.78. The second-order valence-electron chi connectivity index (χ2n) is 5.62. The summed E-state index contributed by atoms with van der Waals surface area (Å²) in [4.78, 5) is 15.0. The van der Waals surface area contributed by atoms with Crippen molar-refractivity contribution >= 4 is 22.7 Å². The Kier molecular flexibility index (Phi) is 3.46. The molecule has 3 aromatic rings. The molecule has 2 aromatic heterocycles. The predicted octanol–water partition coefficient (Wildman–Crippen LogP) is 2.89. The molecule has 0 atom stereocenters. The molecule has 0 aliphatic heterocycles. The number of aromatic amines is 1. The number of aromatic nitrogens is 4. The molecule has 1 aromatic carbocycles. The van der Waals surface area contributed by atoms with E-state index in [4.69, 9.17) is 0 Å². The first-order chi connectivity index (χ1) is 10.8. The normalized spacial score (nSPS) is 14.5. The van der Waals surface area contributed by atoms with E-state index in [1.807, 2.05) is 41.2 Å². The zero-order valence-electron chi connectivity index (χ0n) is 12.0. The number of rotatable bonds is 5. The van der Waals surface area contributed by atoms with Crippen LogP contribution in [0.3, 0.4) is 0 Å². The number of thioether (sulfide) groups is 1. The SMILES string of the molecule is O=c1[nH]c2ccccc2cc1CSCc1cn(C2CC2)nn1. The number of hydrogen-bond acceptors (Lipinski definition) is 4. The Balaban J connectivity index is 1.44. The fourth-order valence-electron chi connectivity index (χ4n) is 2.46. The van der Waals surface area contributed by atoms with Crippen molar-refractivity contribution in [3.05, 3.63) is 58.1 Å². The molecular weight excluding hydrogens is 296 g/mol. The number of benzene rings is 1. The van der Waals surface area contributed by atoms with Gasteiger partial charge in [0.05, 0.1) is 11.7 Å². The van der Waals surface area contributed by atoms with Gasteiger partial charge >= 0.3 is 0 Å². The van der Waals surface area contributed by atoms with E-state index in [2.05, 4.69) is 15.3 Å². The van der Waals surface area contributed by atoms with E-state index in [1.54, 1.807) is 11.8 Å². The average molecular weight is 312 g/mol. The Labute approximate surface area is 131 Å². The first kappa shape index (κ1) is 13.6. The van der Waals surface area contributed by atoms with E-state index in [9.17, 15) is 4.79 Å². The molecule has 2 heterocycles. The smallest absolute Gasteiger partial charge is 0.252 e. The molecule has 0 radical (unpaired) electrons. The molecule has 0 bridgehead atoms. The van der Waals surface area contributed by atoms with Crippen LogP contribution in [0.5, 0.6) is 0 Å². The van der Waals surface area contributed by atoms with Crippen LogP contribution in [0.4, 0.5) is 0 Å². The molecule has 4 rings (SSSR count). The van der Waals surface area contributed by atoms with Crippen molar-refractivity contribution in [2.75, 3.05) is 0 Å². The lowest BCUT2D eigenvalue weighted by molar-refractivity contribution is 0.610. The summed E-state index contributed by atoms with van der Waals surface area (Å²) in [5.41, 5.74) is 2.66. The maximum Gasteiger partial charge on any atom is 0.252 e. The van der Waals surface area contributed by atoms with Crippen LogP contribution in [0.1, 0.15) is 30.1 Å². The quantitative estimate of drug-likeness (QED) is 0.787. The number of fused-ring (bicyclic) bond motifs is 1. The summed E-state index contributed by atoms with van der Waals surface area (Å²) >= 11 is 1.69. The van der Waals surface area contributed by atoms with Crippen LogP contribution in [0.15, 0.2) is 41.3 Å². The average Bonchev–Trinajstić information content (AvgIpc) is 3.27. The van der Waals surface area contributed by atoms with Gasteiger partial charge in [0.25, 0.3) is 5.56 Å². The monoisotopic (exact) mass is 312 g/mol. The highest BCUT2D eigenvalue weighted by Crippen LogP contribution is 2.33. The minimum absolute atomic E-state index is 0.00663. The van der Waals surface area contributed by atoms with Crippen LogP contribution in [-0.2, 0) is 11.5 Å². The van der Waals surface area contributed by atoms with Crippen molar-refractivity contribution in [2.24, 2.45) is 0 Å². The van der Waals surface area contributed by atoms with E-state index < -0.39 is 0 Å². The van der Waals surface area contributed by atoms with Crippen LogP contribution in [-0.4, -0.2) is 20.0 Å². The number of nitrogens with one attached hydrogen (secondary N) is 1. The molecule has 0 amide bonds. The van der Waals surface area contributed by atoms with Gasteiger partial charge in [0, 0.05) is 28.8 Å². The second kappa shape index (κ2) is 5.61. The maximum atomic E-state index is 12.1. The molecule has 1 N–H and O–H groups in total. The molecule has 0 spiro atoms. The third-order valence-corrected chi connectivity index (χ3v) is 4.83. The van der Waals surface area contributed by atoms with Gasteiger partial charge in [-0.3, -0.25) is 4.79 Å². The number of H-pyrrole nitrogens is 1. The van der Waals surface area contributed by atoms with E-state index in [1.165, 1.54) is 12.8 Å². The zero-order chi connectivity index (χ0) is 14.9. The van der Waals surface area contributed by atoms with E-state index >= 15 is 0 Å². The summed E-state index contributed by atoms with van der Waals surface area (Å²) in [5, 5.41) is 9.40. The number of pyridine rings is 1. The van der Waals surface area contributed by atoms with Crippen molar-refractivity contribution in [3.63, 3.8) is 0 Å². The third-order valence-electron chi connectivity index (χ3n) is 3.82. The lowest BCUT2D eigenvalue weighted by Crippen LogP contribution is -2.11. The van der Waals surface area contributed by atoms with Gasteiger partial charge in [-0.05, 0) is 30.4 Å². The Morgan fingerprint density at radius 3 is 3.00 bits per heavy atom. The second-order valence-corrected chi connectivity index (χ2v) is 6.61. The fraction of sp³-hybridized carbons (Fsp3) is 0.312. The van der Waals surface area contributed by atoms with Gasteiger partial charge < -0.3 is 4.98 Å². The Morgan fingerprint density at radius 2 is 2.14 bits per heavy atom. The standard InChI is InChI=1S/C16H16N4OS/c21-16-12(7-11-3-1-2-4-15(11)17-16)9-22-10-13-8-20(19-18-13)14-5-6-14/h1-4,7-8,14H,5-6,9-10H2,(H,17,21). The molecule has 0 saturated heterocycles. The Morgan fingerprint density at radius 1 is 1.27 bits per heavy atom. The molecule has 0 unspecified atom stereocenters. The predicted molar refractivity (Wildman–Crippen MR) is 87.9 cm³/mol. The summed E-state index contributed by atoms with van der Waals surface area (Å²) in [5.74, 6) is 1.45. The first-order valence-electron chi connectivity index (χ1n) is 7.39. The molecule has 1 fully saturated rings. The molecule has 1 saturated carbocycles. The van der Waals surface area contributed by atoms with Crippen molar-refractivity contribution < 1.29 is 0 Å². The van der Waals surface area contributed by atoms with Gasteiger partial charge in [-0.25, -0.2) is 4.68 Å². The van der Waals surface area contributed by atoms with Crippen LogP contribution >= 0.6 is 11.8 Å². The summed E-state index contributed by atoms with van der Waals surface area (Å²) in [6, 6.07) is 10.4. The molecule has 22 heavy (non-hydrogen) atoms. The minimum Gasteiger partial charge on any atom is -0.322 e. The summed E-state index contributed by atoms with van der Waals surface area (Å²) in [6.07, 6.45) is 4.44. The zero-order valence-corrected chi connectivity index (χ0v) is 12.8. The van der Waals surface area contributed by atoms with E-state index in [-0.39, 0.29) is 5.56 Å². The molecule has 1 aliphatic rings. The Hall–Kier alpha value is -2.08. The van der Waals surface area contributed by atoms with Crippen molar-refractivity contribution in [1.82, 2.24) is 20.0 Å². The van der Waals surface area contributed by atoms with Gasteiger partial charge in [0.2, 0.25) is 0 Å². The molecule has 6 heteroatoms. The lowest BCUT2D eigenvalue weighted by Gasteiger charge is -2.02. The highest BCUT2D eigenvalue weighted by molar-refractivity contribution is 7.97. The van der Waals surface area contributed by atoms with Crippen LogP contribution in [0.2, 0.25) is 0 Å². The Bertz CT molecular complexity index is 866. The highest BCUT2D eigenvalue weighted by Gasteiger charge is 2.24. The van der Waals surface area contributed by atoms with Crippen LogP contribution in [0.25, 0.3) is 10.9 Å². The molecule has 112 valence electrons. The van der Waals surface area contributed by atoms with Gasteiger partial charge in [-0.2, -0.15) is 11.8 Å². The maximum absolute atomic E-state index is 12.1. The van der Waals surface area contributed by atoms with E-state index in [0.29, 0.717) is 11.8 Å². The summed E-state index contributed by atoms with van der Waals surface area (Å²) in [6.45, 7) is 0. The van der Waals surface area contributed by atoms with E-state index in [0.717, 1.165) is 27.9 Å². The van der Waals surface area contributed by atoms with Crippen molar-refractivity contribution in [3.8, 4) is 0 Å². The number of hydrogen-bond donors (Lipinski definition) is 1. The van der Waals surface area contributed by atoms with Crippen molar-refractivity contribution in [1.29, 1.82) is 0 Å². The minimum atomic E-state index is -0.00663. The molecular formula is C16H16N4OS. The number of para-hydroxylation sites is 1. The largest absolute Gasteiger partial charge is 0.322 e. The molecule has 1 aliphatic carbocycles. The van der Waals surface area contributed by atoms with Gasteiger partial charge in [0.15, 0.2) is 0 Å². The highest BCUT2D eigenvalue weighted by atomic mass is 32.2. The van der Waals surface area contributed by atoms with Gasteiger partial charge in [-0.15, -0.1) is 5.10 Å². The topological polar surface area (TPSA) is 63.6 Å². The van der Waals surface area contributed by atoms with Crippen LogP contribution in [0, 0.1) is 0 Å². The number of nitrogens with zero attached hydrogens (tertiary/aromatic N) is 3.